The normalized spacial score (nSPS) is 20.4. The Labute approximate surface area is 233 Å². The van der Waals surface area contributed by atoms with Crippen LogP contribution in [0.4, 0.5) is 4.79 Å². The van der Waals surface area contributed by atoms with Crippen molar-refractivity contribution in [2.45, 2.75) is 24.9 Å². The van der Waals surface area contributed by atoms with Crippen LogP contribution in [-0.4, -0.2) is 71.7 Å². The van der Waals surface area contributed by atoms with Gasteiger partial charge in [-0.15, -0.1) is 0 Å². The van der Waals surface area contributed by atoms with Gasteiger partial charge in [-0.1, -0.05) is 78.9 Å². The second-order valence-electron chi connectivity index (χ2n) is 11.1. The van der Waals surface area contributed by atoms with Crippen molar-refractivity contribution in [1.82, 2.24) is 15.1 Å². The number of carbonyl (C=O) groups excluding carboxylic acids is 2. The number of hydrogen-bond acceptors (Lipinski definition) is 5. The number of nitrogens with one attached hydrogen (secondary N) is 1. The molecule has 3 unspecified atom stereocenters. The number of carbonyl (C=O) groups is 3. The van der Waals surface area contributed by atoms with E-state index in [9.17, 15) is 19.5 Å². The number of amides is 2. The molecule has 2 heterocycles. The molecule has 2 saturated heterocycles. The van der Waals surface area contributed by atoms with Crippen molar-refractivity contribution in [2.24, 2.45) is 11.8 Å². The largest absolute Gasteiger partial charge is 0.481 e. The van der Waals surface area contributed by atoms with Crippen LogP contribution < -0.4 is 5.32 Å². The van der Waals surface area contributed by atoms with Gasteiger partial charge in [0.2, 0.25) is 5.91 Å². The van der Waals surface area contributed by atoms with Crippen molar-refractivity contribution in [3.05, 3.63) is 95.6 Å². The van der Waals surface area contributed by atoms with Crippen molar-refractivity contribution < 1.29 is 24.2 Å². The summed E-state index contributed by atoms with van der Waals surface area (Å²) in [5.74, 6) is -0.950. The Kier molecular flexibility index (Phi) is 7.26. The average Bonchev–Trinajstić information content (AvgIpc) is 3.61. The van der Waals surface area contributed by atoms with Crippen molar-refractivity contribution in [2.75, 3.05) is 32.8 Å². The van der Waals surface area contributed by atoms with Crippen LogP contribution in [0.5, 0.6) is 0 Å². The number of likely N-dealkylation sites (tertiary alicyclic amines) is 2. The number of alkyl carbamates (subject to hydrolysis) is 1. The third-order valence-electron chi connectivity index (χ3n) is 8.44. The number of fused-ring (bicyclic) bond motifs is 4. The maximum atomic E-state index is 13.4. The number of benzene rings is 3. The predicted molar refractivity (Wildman–Crippen MR) is 150 cm³/mol. The van der Waals surface area contributed by atoms with Gasteiger partial charge in [0.05, 0.1) is 6.42 Å². The zero-order valence-corrected chi connectivity index (χ0v) is 22.2. The highest BCUT2D eigenvalue weighted by Gasteiger charge is 2.43. The molecule has 3 aromatic carbocycles. The minimum atomic E-state index is -1.17. The predicted octanol–water partition coefficient (Wildman–Crippen LogP) is 3.96. The van der Waals surface area contributed by atoms with Crippen LogP contribution in [-0.2, 0) is 20.9 Å². The lowest BCUT2D eigenvalue weighted by Gasteiger charge is -2.25. The summed E-state index contributed by atoms with van der Waals surface area (Å²) in [4.78, 5) is 42.0. The van der Waals surface area contributed by atoms with Gasteiger partial charge in [0.25, 0.3) is 0 Å². The van der Waals surface area contributed by atoms with Gasteiger partial charge in [0, 0.05) is 38.6 Å². The number of ether oxygens (including phenoxy) is 1. The van der Waals surface area contributed by atoms with E-state index in [-0.39, 0.29) is 18.4 Å². The van der Waals surface area contributed by atoms with Gasteiger partial charge >= 0.3 is 12.1 Å². The molecule has 0 radical (unpaired) electrons. The quantitative estimate of drug-likeness (QED) is 0.450. The summed E-state index contributed by atoms with van der Waals surface area (Å²) in [5, 5.41) is 12.0. The zero-order chi connectivity index (χ0) is 27.6. The summed E-state index contributed by atoms with van der Waals surface area (Å²) in [7, 11) is 0. The fourth-order valence-electron chi connectivity index (χ4n) is 6.62. The summed E-state index contributed by atoms with van der Waals surface area (Å²) >= 11 is 0. The smallest absolute Gasteiger partial charge is 0.407 e. The molecule has 0 spiro atoms. The highest BCUT2D eigenvalue weighted by Crippen LogP contribution is 2.44. The molecule has 3 aromatic rings. The van der Waals surface area contributed by atoms with Gasteiger partial charge in [-0.2, -0.15) is 0 Å². The number of rotatable bonds is 8. The maximum Gasteiger partial charge on any atom is 0.407 e. The van der Waals surface area contributed by atoms with Crippen molar-refractivity contribution in [1.29, 1.82) is 0 Å². The van der Waals surface area contributed by atoms with E-state index in [1.165, 1.54) is 5.56 Å². The summed E-state index contributed by atoms with van der Waals surface area (Å²) < 4.78 is 5.59. The first-order chi connectivity index (χ1) is 19.5. The fourth-order valence-corrected chi connectivity index (χ4v) is 6.62. The molecule has 8 heteroatoms. The average molecular weight is 540 g/mol. The SMILES string of the molecule is O=C(O)CC(NC(=O)OCC1c2ccccc2-c2ccccc21)C(=O)N1CC2CN(Cc3ccccc3)CC2C1. The highest BCUT2D eigenvalue weighted by molar-refractivity contribution is 5.89. The molecular weight excluding hydrogens is 506 g/mol. The second-order valence-corrected chi connectivity index (χ2v) is 11.1. The number of carboxylic acids is 1. The molecule has 8 nitrogen and oxygen atoms in total. The van der Waals surface area contributed by atoms with Gasteiger partial charge in [-0.05, 0) is 39.7 Å². The Balaban J connectivity index is 1.06. The molecular formula is C32H33N3O5. The van der Waals surface area contributed by atoms with Gasteiger partial charge < -0.3 is 20.1 Å². The molecule has 1 aliphatic carbocycles. The van der Waals surface area contributed by atoms with Crippen LogP contribution >= 0.6 is 0 Å². The van der Waals surface area contributed by atoms with Crippen LogP contribution in [0.15, 0.2) is 78.9 Å². The van der Waals surface area contributed by atoms with E-state index in [2.05, 4.69) is 34.5 Å². The van der Waals surface area contributed by atoms with Crippen LogP contribution in [0, 0.1) is 11.8 Å². The molecule has 40 heavy (non-hydrogen) atoms. The second kappa shape index (κ2) is 11.1. The molecule has 0 bridgehead atoms. The summed E-state index contributed by atoms with van der Waals surface area (Å²) in [6, 6.07) is 25.2. The van der Waals surface area contributed by atoms with Crippen molar-refractivity contribution >= 4 is 18.0 Å². The van der Waals surface area contributed by atoms with E-state index < -0.39 is 24.5 Å². The van der Waals surface area contributed by atoms with E-state index in [0.717, 1.165) is 41.9 Å². The van der Waals surface area contributed by atoms with Crippen LogP contribution in [0.3, 0.4) is 0 Å². The van der Waals surface area contributed by atoms with Crippen molar-refractivity contribution in [3.8, 4) is 11.1 Å². The van der Waals surface area contributed by atoms with Crippen LogP contribution in [0.25, 0.3) is 11.1 Å². The molecule has 2 amide bonds. The van der Waals surface area contributed by atoms with Gasteiger partial charge in [-0.25, -0.2) is 4.79 Å². The van der Waals surface area contributed by atoms with Crippen LogP contribution in [0.1, 0.15) is 29.0 Å². The highest BCUT2D eigenvalue weighted by atomic mass is 16.5. The van der Waals surface area contributed by atoms with Crippen LogP contribution in [0.2, 0.25) is 0 Å². The Hall–Kier alpha value is -4.17. The molecule has 0 saturated carbocycles. The lowest BCUT2D eigenvalue weighted by molar-refractivity contribution is -0.142. The molecule has 0 aromatic heterocycles. The standard InChI is InChI=1S/C32H33N3O5/c36-30(37)14-29(31(38)35-18-22-16-34(17-23(22)19-35)15-21-8-2-1-3-9-21)33-32(39)40-20-28-26-12-6-4-10-24(26)25-11-5-7-13-27(25)28/h1-13,22-23,28-29H,14-20H2,(H,33,39)(H,36,37). The van der Waals surface area contributed by atoms with Crippen molar-refractivity contribution in [3.63, 3.8) is 0 Å². The van der Waals surface area contributed by atoms with E-state index in [4.69, 9.17) is 4.74 Å². The van der Waals surface area contributed by atoms with Gasteiger partial charge in [0.1, 0.15) is 12.6 Å². The molecule has 206 valence electrons. The Morgan fingerprint density at radius 1 is 0.825 bits per heavy atom. The topological polar surface area (TPSA) is 99.2 Å². The first-order valence-electron chi connectivity index (χ1n) is 13.8. The molecule has 2 fully saturated rings. The number of hydrogen-bond donors (Lipinski definition) is 2. The third-order valence-corrected chi connectivity index (χ3v) is 8.44. The van der Waals surface area contributed by atoms with Gasteiger partial charge in [0.15, 0.2) is 0 Å². The van der Waals surface area contributed by atoms with E-state index >= 15 is 0 Å². The van der Waals surface area contributed by atoms with Gasteiger partial charge in [-0.3, -0.25) is 14.5 Å². The van der Waals surface area contributed by atoms with E-state index in [1.807, 2.05) is 54.6 Å². The number of carboxylic acid groups (broad SMARTS) is 1. The lowest BCUT2D eigenvalue weighted by Crippen LogP contribution is -2.49. The number of nitrogens with zero attached hydrogens (tertiary/aromatic N) is 2. The first-order valence-corrected chi connectivity index (χ1v) is 13.8. The molecule has 2 aliphatic heterocycles. The summed E-state index contributed by atoms with van der Waals surface area (Å²) in [5.41, 5.74) is 5.67. The fraction of sp³-hybridized carbons (Fsp3) is 0.344. The molecule has 6 rings (SSSR count). The third kappa shape index (κ3) is 5.31. The lowest BCUT2D eigenvalue weighted by atomic mass is 9.98. The summed E-state index contributed by atoms with van der Waals surface area (Å²) in [6.45, 7) is 3.90. The minimum absolute atomic E-state index is 0.0962. The van der Waals surface area contributed by atoms with E-state index in [1.54, 1.807) is 4.90 Å². The molecule has 3 aliphatic rings. The monoisotopic (exact) mass is 539 g/mol. The first kappa shape index (κ1) is 26.1. The molecule has 2 N–H and O–H groups in total. The Bertz CT molecular complexity index is 1350. The number of aliphatic carboxylic acids is 1. The maximum absolute atomic E-state index is 13.4. The van der Waals surface area contributed by atoms with E-state index in [0.29, 0.717) is 24.9 Å². The molecule has 3 atom stereocenters. The Morgan fingerprint density at radius 2 is 1.40 bits per heavy atom. The minimum Gasteiger partial charge on any atom is -0.481 e. The Morgan fingerprint density at radius 3 is 2.00 bits per heavy atom. The summed E-state index contributed by atoms with van der Waals surface area (Å²) in [6.07, 6.45) is -1.27. The zero-order valence-electron chi connectivity index (χ0n) is 22.2.